The average Bonchev–Trinajstić information content (AvgIpc) is 2.65. The zero-order chi connectivity index (χ0) is 9.97. The summed E-state index contributed by atoms with van der Waals surface area (Å²) in [6, 6.07) is 1.86. The largest absolute Gasteiger partial charge is 0.386 e. The van der Waals surface area contributed by atoms with Crippen molar-refractivity contribution in [2.24, 2.45) is 0 Å². The quantitative estimate of drug-likeness (QED) is 0.875. The van der Waals surface area contributed by atoms with E-state index in [2.05, 4.69) is 0 Å². The van der Waals surface area contributed by atoms with Crippen LogP contribution in [0.15, 0.2) is 11.4 Å². The summed E-state index contributed by atoms with van der Waals surface area (Å²) in [4.78, 5) is 0. The first-order valence-electron chi connectivity index (χ1n) is 4.39. The van der Waals surface area contributed by atoms with Crippen LogP contribution in [-0.4, -0.2) is 29.3 Å². The Morgan fingerprint density at radius 1 is 1.64 bits per heavy atom. The highest BCUT2D eigenvalue weighted by Gasteiger charge is 2.26. The van der Waals surface area contributed by atoms with Crippen molar-refractivity contribution in [3.8, 4) is 0 Å². The summed E-state index contributed by atoms with van der Waals surface area (Å²) in [7, 11) is 0. The van der Waals surface area contributed by atoms with E-state index in [1.54, 1.807) is 0 Å². The third-order valence-electron chi connectivity index (χ3n) is 2.16. The van der Waals surface area contributed by atoms with Crippen LogP contribution in [0.25, 0.3) is 0 Å². The monoisotopic (exact) mass is 250 g/mol. The highest BCUT2D eigenvalue weighted by molar-refractivity contribution is 7.99. The molecule has 0 amide bonds. The van der Waals surface area contributed by atoms with Crippen molar-refractivity contribution >= 4 is 34.7 Å². The summed E-state index contributed by atoms with van der Waals surface area (Å²) in [6.45, 7) is 0.716. The number of hydrogen-bond donors (Lipinski definition) is 1. The Morgan fingerprint density at radius 3 is 3.07 bits per heavy atom. The fraction of sp³-hybridized carbons (Fsp3) is 0.556. The van der Waals surface area contributed by atoms with Crippen LogP contribution in [-0.2, 0) is 4.74 Å². The molecule has 78 valence electrons. The molecule has 5 heteroatoms. The van der Waals surface area contributed by atoms with Crippen LogP contribution in [0.2, 0.25) is 4.34 Å². The van der Waals surface area contributed by atoms with E-state index in [0.29, 0.717) is 10.9 Å². The Hall–Kier alpha value is 0.260. The second kappa shape index (κ2) is 4.86. The van der Waals surface area contributed by atoms with Crippen LogP contribution in [0.1, 0.15) is 11.7 Å². The van der Waals surface area contributed by atoms with Crippen LogP contribution >= 0.6 is 34.7 Å². The first-order chi connectivity index (χ1) is 6.79. The van der Waals surface area contributed by atoms with E-state index in [4.69, 9.17) is 16.3 Å². The topological polar surface area (TPSA) is 29.5 Å². The summed E-state index contributed by atoms with van der Waals surface area (Å²) in [6.07, 6.45) is -0.692. The molecule has 2 atom stereocenters. The highest BCUT2D eigenvalue weighted by Crippen LogP contribution is 2.33. The Kier molecular flexibility index (Phi) is 3.73. The number of ether oxygens (including phenoxy) is 1. The fourth-order valence-electron chi connectivity index (χ4n) is 1.40. The van der Waals surface area contributed by atoms with Crippen LogP contribution in [0.3, 0.4) is 0 Å². The Morgan fingerprint density at radius 2 is 2.50 bits per heavy atom. The van der Waals surface area contributed by atoms with E-state index in [9.17, 15) is 5.11 Å². The maximum absolute atomic E-state index is 10.00. The van der Waals surface area contributed by atoms with Gasteiger partial charge < -0.3 is 9.84 Å². The molecule has 2 heterocycles. The minimum atomic E-state index is -0.582. The van der Waals surface area contributed by atoms with Crippen LogP contribution < -0.4 is 0 Å². The van der Waals surface area contributed by atoms with Crippen LogP contribution in [0, 0.1) is 0 Å². The van der Waals surface area contributed by atoms with Gasteiger partial charge in [0.25, 0.3) is 0 Å². The molecule has 1 aromatic rings. The molecule has 0 aliphatic carbocycles. The number of thioether (sulfide) groups is 1. The molecule has 0 saturated carbocycles. The number of aliphatic hydroxyl groups excluding tert-OH is 1. The summed E-state index contributed by atoms with van der Waals surface area (Å²) >= 11 is 9.20. The molecular formula is C9H11ClO2S2. The fourth-order valence-corrected chi connectivity index (χ4v) is 3.28. The molecule has 0 radical (unpaired) electrons. The van der Waals surface area contributed by atoms with Crippen LogP contribution in [0.4, 0.5) is 0 Å². The number of hydrogen-bond acceptors (Lipinski definition) is 4. The summed E-state index contributed by atoms with van der Waals surface area (Å²) in [5.74, 6) is 1.86. The van der Waals surface area contributed by atoms with E-state index in [-0.39, 0.29) is 6.10 Å². The van der Waals surface area contributed by atoms with E-state index in [1.165, 1.54) is 11.3 Å². The smallest absolute Gasteiger partial charge is 0.108 e. The molecule has 1 aromatic heterocycles. The van der Waals surface area contributed by atoms with Gasteiger partial charge in [-0.2, -0.15) is 11.8 Å². The lowest BCUT2D eigenvalue weighted by Crippen LogP contribution is -2.29. The molecule has 2 nitrogen and oxygen atoms in total. The number of halogens is 1. The lowest BCUT2D eigenvalue weighted by Gasteiger charge is -2.26. The van der Waals surface area contributed by atoms with Crippen molar-refractivity contribution in [1.29, 1.82) is 0 Å². The normalized spacial score (nSPS) is 24.9. The lowest BCUT2D eigenvalue weighted by molar-refractivity contribution is -0.0225. The lowest BCUT2D eigenvalue weighted by atomic mass is 10.1. The third kappa shape index (κ3) is 2.25. The summed E-state index contributed by atoms with van der Waals surface area (Å²) in [5.41, 5.74) is 0.796. The second-order valence-corrected chi connectivity index (χ2v) is 5.75. The molecule has 2 rings (SSSR count). The molecule has 0 aromatic carbocycles. The molecular weight excluding hydrogens is 240 g/mol. The molecule has 1 aliphatic rings. The van der Waals surface area contributed by atoms with Gasteiger partial charge >= 0.3 is 0 Å². The summed E-state index contributed by atoms with van der Waals surface area (Å²) < 4.78 is 6.16. The maximum Gasteiger partial charge on any atom is 0.108 e. The molecule has 2 unspecified atom stereocenters. The van der Waals surface area contributed by atoms with Crippen molar-refractivity contribution < 1.29 is 9.84 Å². The predicted octanol–water partition coefficient (Wildman–Crippen LogP) is 2.57. The summed E-state index contributed by atoms with van der Waals surface area (Å²) in [5, 5.41) is 11.9. The minimum Gasteiger partial charge on any atom is -0.386 e. The number of rotatable bonds is 2. The van der Waals surface area contributed by atoms with Gasteiger partial charge in [-0.3, -0.25) is 0 Å². The van der Waals surface area contributed by atoms with Gasteiger partial charge in [0.2, 0.25) is 0 Å². The van der Waals surface area contributed by atoms with Gasteiger partial charge in [-0.1, -0.05) is 11.6 Å². The van der Waals surface area contributed by atoms with Crippen LogP contribution in [0.5, 0.6) is 0 Å². The van der Waals surface area contributed by atoms with Crippen molar-refractivity contribution in [3.63, 3.8) is 0 Å². The molecule has 0 spiro atoms. The molecule has 1 fully saturated rings. The minimum absolute atomic E-state index is 0.110. The van der Waals surface area contributed by atoms with Gasteiger partial charge in [-0.05, 0) is 11.4 Å². The van der Waals surface area contributed by atoms with Crippen molar-refractivity contribution in [3.05, 3.63) is 21.3 Å². The van der Waals surface area contributed by atoms with E-state index < -0.39 is 6.10 Å². The van der Waals surface area contributed by atoms with Gasteiger partial charge in [0, 0.05) is 17.1 Å². The van der Waals surface area contributed by atoms with E-state index in [1.807, 2.05) is 23.2 Å². The first-order valence-corrected chi connectivity index (χ1v) is 6.80. The van der Waals surface area contributed by atoms with Gasteiger partial charge in [-0.15, -0.1) is 11.3 Å². The molecule has 0 bridgehead atoms. The SMILES string of the molecule is OC(c1ccsc1Cl)C1CSCCO1. The molecule has 1 saturated heterocycles. The Balaban J connectivity index is 2.07. The standard InChI is InChI=1S/C9H11ClO2S2/c10-9-6(1-3-14-9)8(11)7-5-13-4-2-12-7/h1,3,7-8,11H,2,4-5H2. The van der Waals surface area contributed by atoms with Gasteiger partial charge in [-0.25, -0.2) is 0 Å². The van der Waals surface area contributed by atoms with Gasteiger partial charge in [0.15, 0.2) is 0 Å². The second-order valence-electron chi connectivity index (χ2n) is 3.08. The molecule has 1 N–H and O–H groups in total. The van der Waals surface area contributed by atoms with E-state index in [0.717, 1.165) is 17.1 Å². The zero-order valence-corrected chi connectivity index (χ0v) is 9.87. The van der Waals surface area contributed by atoms with Gasteiger partial charge in [0.05, 0.1) is 17.0 Å². The Bertz CT molecular complexity index is 297. The van der Waals surface area contributed by atoms with Crippen molar-refractivity contribution in [1.82, 2.24) is 0 Å². The first kappa shape index (κ1) is 10.8. The maximum atomic E-state index is 10.00. The third-order valence-corrected chi connectivity index (χ3v) is 4.38. The zero-order valence-electron chi connectivity index (χ0n) is 7.48. The number of thiophene rings is 1. The predicted molar refractivity (Wildman–Crippen MR) is 61.4 cm³/mol. The molecule has 1 aliphatic heterocycles. The highest BCUT2D eigenvalue weighted by atomic mass is 35.5. The van der Waals surface area contributed by atoms with Gasteiger partial charge in [0.1, 0.15) is 6.10 Å². The van der Waals surface area contributed by atoms with Crippen molar-refractivity contribution in [2.45, 2.75) is 12.2 Å². The van der Waals surface area contributed by atoms with Crippen molar-refractivity contribution in [2.75, 3.05) is 18.1 Å². The average molecular weight is 251 g/mol. The van der Waals surface area contributed by atoms with E-state index >= 15 is 0 Å². The molecule has 14 heavy (non-hydrogen) atoms. The number of aliphatic hydroxyl groups is 1. The Labute approximate surface area is 96.2 Å².